The van der Waals surface area contributed by atoms with Crippen LogP contribution in [0.5, 0.6) is 17.2 Å². The van der Waals surface area contributed by atoms with Crippen LogP contribution >= 0.6 is 11.3 Å². The van der Waals surface area contributed by atoms with Gasteiger partial charge in [0.2, 0.25) is 17.5 Å². The van der Waals surface area contributed by atoms with E-state index in [2.05, 4.69) is 14.9 Å². The summed E-state index contributed by atoms with van der Waals surface area (Å²) in [4.78, 5) is 24.8. The van der Waals surface area contributed by atoms with E-state index in [0.29, 0.717) is 34.5 Å². The molecule has 7 nitrogen and oxygen atoms in total. The van der Waals surface area contributed by atoms with Gasteiger partial charge in [-0.2, -0.15) is 0 Å². The molecule has 1 saturated heterocycles. The third-order valence-corrected chi connectivity index (χ3v) is 5.73. The van der Waals surface area contributed by atoms with Crippen LogP contribution < -0.4 is 19.1 Å². The molecular weight excluding hydrogens is 378 g/mol. The monoisotopic (exact) mass is 399 g/mol. The summed E-state index contributed by atoms with van der Waals surface area (Å²) in [6, 6.07) is 5.23. The van der Waals surface area contributed by atoms with Gasteiger partial charge in [0, 0.05) is 18.7 Å². The second-order valence-electron chi connectivity index (χ2n) is 6.44. The molecule has 1 aliphatic heterocycles. The van der Waals surface area contributed by atoms with Gasteiger partial charge in [-0.15, -0.1) is 11.3 Å². The van der Waals surface area contributed by atoms with Gasteiger partial charge in [0.15, 0.2) is 11.5 Å². The molecule has 0 atom stereocenters. The maximum Gasteiger partial charge on any atom is 0.226 e. The Labute approximate surface area is 166 Å². The fraction of sp³-hybridized carbons (Fsp3) is 0.350. The van der Waals surface area contributed by atoms with Gasteiger partial charge in [0.25, 0.3) is 0 Å². The predicted molar refractivity (Wildman–Crippen MR) is 108 cm³/mol. The van der Waals surface area contributed by atoms with Crippen LogP contribution in [0, 0.1) is 0 Å². The SMILES string of the molecule is COc1cc(C(=O)c2nc(N3CCCC3)nc3ccsc23)cc(OC)c1OC. The van der Waals surface area contributed by atoms with E-state index < -0.39 is 0 Å². The predicted octanol–water partition coefficient (Wildman–Crippen LogP) is 3.55. The summed E-state index contributed by atoms with van der Waals surface area (Å²) in [5.41, 5.74) is 1.61. The first-order chi connectivity index (χ1) is 13.7. The van der Waals surface area contributed by atoms with E-state index in [-0.39, 0.29) is 5.78 Å². The Morgan fingerprint density at radius 2 is 1.71 bits per heavy atom. The summed E-state index contributed by atoms with van der Waals surface area (Å²) in [6.07, 6.45) is 2.22. The zero-order chi connectivity index (χ0) is 19.7. The smallest absolute Gasteiger partial charge is 0.226 e. The maximum absolute atomic E-state index is 13.4. The van der Waals surface area contributed by atoms with Crippen LogP contribution in [-0.2, 0) is 0 Å². The lowest BCUT2D eigenvalue weighted by molar-refractivity contribution is 0.103. The van der Waals surface area contributed by atoms with Crippen molar-refractivity contribution in [1.82, 2.24) is 9.97 Å². The number of aromatic nitrogens is 2. The number of rotatable bonds is 6. The molecule has 3 aromatic rings. The Kier molecular flexibility index (Phi) is 5.04. The Hall–Kier alpha value is -2.87. The van der Waals surface area contributed by atoms with E-state index in [0.717, 1.165) is 36.1 Å². The lowest BCUT2D eigenvalue weighted by Crippen LogP contribution is -2.21. The molecule has 1 aliphatic rings. The van der Waals surface area contributed by atoms with Crippen LogP contribution in [0.1, 0.15) is 28.9 Å². The zero-order valence-electron chi connectivity index (χ0n) is 16.0. The average Bonchev–Trinajstić information content (AvgIpc) is 3.42. The number of hydrogen-bond donors (Lipinski definition) is 0. The molecular formula is C20H21N3O4S. The summed E-state index contributed by atoms with van der Waals surface area (Å²) in [5, 5.41) is 1.93. The fourth-order valence-electron chi connectivity index (χ4n) is 3.41. The van der Waals surface area contributed by atoms with Gasteiger partial charge in [-0.05, 0) is 36.4 Å². The number of ketones is 1. The molecule has 0 spiro atoms. The van der Waals surface area contributed by atoms with Gasteiger partial charge in [-0.25, -0.2) is 9.97 Å². The zero-order valence-corrected chi connectivity index (χ0v) is 16.8. The van der Waals surface area contributed by atoms with Gasteiger partial charge in [0.05, 0.1) is 31.5 Å². The van der Waals surface area contributed by atoms with E-state index in [9.17, 15) is 4.79 Å². The first-order valence-corrected chi connectivity index (χ1v) is 9.89. The van der Waals surface area contributed by atoms with Crippen molar-refractivity contribution in [3.63, 3.8) is 0 Å². The number of ether oxygens (including phenoxy) is 3. The molecule has 146 valence electrons. The van der Waals surface area contributed by atoms with Crippen molar-refractivity contribution in [3.8, 4) is 17.2 Å². The molecule has 4 rings (SSSR count). The molecule has 2 aromatic heterocycles. The molecule has 0 N–H and O–H groups in total. The van der Waals surface area contributed by atoms with E-state index in [1.165, 1.54) is 32.7 Å². The van der Waals surface area contributed by atoms with Crippen LogP contribution in [-0.4, -0.2) is 50.2 Å². The summed E-state index contributed by atoms with van der Waals surface area (Å²) < 4.78 is 16.9. The minimum absolute atomic E-state index is 0.199. The van der Waals surface area contributed by atoms with Crippen LogP contribution in [0.2, 0.25) is 0 Å². The molecule has 0 aliphatic carbocycles. The van der Waals surface area contributed by atoms with Crippen molar-refractivity contribution in [1.29, 1.82) is 0 Å². The number of carbonyl (C=O) groups excluding carboxylic acids is 1. The maximum atomic E-state index is 13.4. The van der Waals surface area contributed by atoms with Crippen molar-refractivity contribution in [2.24, 2.45) is 0 Å². The number of carbonyl (C=O) groups is 1. The number of anilines is 1. The minimum atomic E-state index is -0.199. The lowest BCUT2D eigenvalue weighted by atomic mass is 10.1. The third-order valence-electron chi connectivity index (χ3n) is 4.82. The van der Waals surface area contributed by atoms with E-state index in [1.807, 2.05) is 11.4 Å². The van der Waals surface area contributed by atoms with Gasteiger partial charge in [0.1, 0.15) is 5.69 Å². The summed E-state index contributed by atoms with van der Waals surface area (Å²) in [6.45, 7) is 1.82. The molecule has 0 radical (unpaired) electrons. The second-order valence-corrected chi connectivity index (χ2v) is 7.36. The molecule has 0 unspecified atom stereocenters. The summed E-state index contributed by atoms with van der Waals surface area (Å²) >= 11 is 1.46. The Balaban J connectivity index is 1.83. The highest BCUT2D eigenvalue weighted by Gasteiger charge is 2.24. The molecule has 1 aromatic carbocycles. The Morgan fingerprint density at radius 1 is 1.04 bits per heavy atom. The lowest BCUT2D eigenvalue weighted by Gasteiger charge is -2.16. The standard InChI is InChI=1S/C20H21N3O4S/c1-25-14-10-12(11-15(26-2)18(14)27-3)17(24)16-19-13(6-9-28-19)21-20(22-16)23-7-4-5-8-23/h6,9-11H,4-5,7-8H2,1-3H3. The fourth-order valence-corrected chi connectivity index (χ4v) is 4.23. The Morgan fingerprint density at radius 3 is 2.32 bits per heavy atom. The topological polar surface area (TPSA) is 73.8 Å². The molecule has 0 saturated carbocycles. The van der Waals surface area contributed by atoms with E-state index in [4.69, 9.17) is 14.2 Å². The van der Waals surface area contributed by atoms with Crippen molar-refractivity contribution in [2.45, 2.75) is 12.8 Å². The minimum Gasteiger partial charge on any atom is -0.493 e. The number of nitrogens with zero attached hydrogens (tertiary/aromatic N) is 3. The van der Waals surface area contributed by atoms with Gasteiger partial charge in [-0.1, -0.05) is 0 Å². The molecule has 28 heavy (non-hydrogen) atoms. The average molecular weight is 399 g/mol. The highest BCUT2D eigenvalue weighted by Crippen LogP contribution is 2.39. The molecule has 1 fully saturated rings. The summed E-state index contributed by atoms with van der Waals surface area (Å²) in [5.74, 6) is 1.72. The van der Waals surface area contributed by atoms with Crippen molar-refractivity contribution in [3.05, 3.63) is 34.8 Å². The van der Waals surface area contributed by atoms with Gasteiger partial charge >= 0.3 is 0 Å². The quantitative estimate of drug-likeness (QED) is 0.587. The van der Waals surface area contributed by atoms with Gasteiger partial charge < -0.3 is 19.1 Å². The van der Waals surface area contributed by atoms with Crippen LogP contribution in [0.4, 0.5) is 5.95 Å². The second kappa shape index (κ2) is 7.63. The van der Waals surface area contributed by atoms with Crippen LogP contribution in [0.3, 0.4) is 0 Å². The molecule has 0 amide bonds. The number of hydrogen-bond acceptors (Lipinski definition) is 8. The highest BCUT2D eigenvalue weighted by molar-refractivity contribution is 7.17. The largest absolute Gasteiger partial charge is 0.493 e. The normalized spacial score (nSPS) is 13.8. The molecule has 0 bridgehead atoms. The summed E-state index contributed by atoms with van der Waals surface area (Å²) in [7, 11) is 4.59. The number of methoxy groups -OCH3 is 3. The van der Waals surface area contributed by atoms with E-state index in [1.54, 1.807) is 12.1 Å². The Bertz CT molecular complexity index is 1000. The molecule has 3 heterocycles. The van der Waals surface area contributed by atoms with Crippen LogP contribution in [0.25, 0.3) is 10.2 Å². The first kappa shape index (κ1) is 18.5. The van der Waals surface area contributed by atoms with Crippen molar-refractivity contribution < 1.29 is 19.0 Å². The van der Waals surface area contributed by atoms with Crippen molar-refractivity contribution >= 4 is 33.3 Å². The molecule has 8 heteroatoms. The van der Waals surface area contributed by atoms with Crippen molar-refractivity contribution in [2.75, 3.05) is 39.3 Å². The first-order valence-electron chi connectivity index (χ1n) is 9.01. The highest BCUT2D eigenvalue weighted by atomic mass is 32.1. The number of benzene rings is 1. The number of thiophene rings is 1. The van der Waals surface area contributed by atoms with Crippen LogP contribution in [0.15, 0.2) is 23.6 Å². The number of fused-ring (bicyclic) bond motifs is 1. The third kappa shape index (κ3) is 3.13. The van der Waals surface area contributed by atoms with Gasteiger partial charge in [-0.3, -0.25) is 4.79 Å². The van der Waals surface area contributed by atoms with E-state index >= 15 is 0 Å².